The van der Waals surface area contributed by atoms with Crippen molar-refractivity contribution >= 4 is 29.0 Å². The van der Waals surface area contributed by atoms with Gasteiger partial charge in [0.2, 0.25) is 0 Å². The van der Waals surface area contributed by atoms with Crippen LogP contribution < -0.4 is 15.4 Å². The molecule has 2 N–H and O–H groups in total. The largest absolute Gasteiger partial charge is 0.491 e. The highest BCUT2D eigenvalue weighted by Crippen LogP contribution is 2.33. The van der Waals surface area contributed by atoms with Gasteiger partial charge >= 0.3 is 6.03 Å². The van der Waals surface area contributed by atoms with Crippen LogP contribution in [-0.4, -0.2) is 59.7 Å². The monoisotopic (exact) mass is 469 g/mol. The van der Waals surface area contributed by atoms with Crippen molar-refractivity contribution in [2.45, 2.75) is 13.0 Å². The lowest BCUT2D eigenvalue weighted by molar-refractivity contribution is 0.0106. The number of hydrogen-bond acceptors (Lipinski definition) is 5. The number of benzene rings is 2. The Bertz CT molecular complexity index is 1080. The number of amides is 2. The molecule has 1 saturated heterocycles. The Kier molecular flexibility index (Phi) is 7.49. The molecule has 1 unspecified atom stereocenters. The number of nitrogens with one attached hydrogen (secondary N) is 2. The van der Waals surface area contributed by atoms with E-state index in [-0.39, 0.29) is 12.1 Å². The maximum Gasteiger partial charge on any atom is 0.323 e. The Balaban J connectivity index is 1.48. The molecule has 0 radical (unpaired) electrons. The molecular formula is C24H28ClN5O3. The lowest BCUT2D eigenvalue weighted by Crippen LogP contribution is -2.44. The van der Waals surface area contributed by atoms with E-state index in [1.54, 1.807) is 35.1 Å². The quantitative estimate of drug-likeness (QED) is 0.533. The number of aromatic nitrogens is 2. The van der Waals surface area contributed by atoms with Gasteiger partial charge in [0.15, 0.2) is 0 Å². The van der Waals surface area contributed by atoms with Gasteiger partial charge in [0.05, 0.1) is 18.9 Å². The normalized spacial score (nSPS) is 15.1. The first-order valence-electron chi connectivity index (χ1n) is 10.9. The zero-order valence-electron chi connectivity index (χ0n) is 18.8. The molecule has 2 aromatic carbocycles. The predicted molar refractivity (Wildman–Crippen MR) is 130 cm³/mol. The van der Waals surface area contributed by atoms with Crippen molar-refractivity contribution < 1.29 is 14.3 Å². The third-order valence-electron chi connectivity index (χ3n) is 5.59. The van der Waals surface area contributed by atoms with Crippen molar-refractivity contribution in [1.29, 1.82) is 0 Å². The number of carbonyl (C=O) groups is 1. The van der Waals surface area contributed by atoms with Crippen LogP contribution in [0.4, 0.5) is 16.2 Å². The molecule has 33 heavy (non-hydrogen) atoms. The van der Waals surface area contributed by atoms with Crippen molar-refractivity contribution in [1.82, 2.24) is 14.7 Å². The van der Waals surface area contributed by atoms with E-state index in [0.29, 0.717) is 23.0 Å². The Morgan fingerprint density at radius 3 is 2.52 bits per heavy atom. The second kappa shape index (κ2) is 10.7. The number of halogens is 1. The number of ether oxygens (including phenoxy) is 2. The standard InChI is InChI=1S/C24H28ClN5O3/c1-17(30-11-13-32-14-12-30)16-33-23-8-7-20(15-21(23)22-9-10-26-29(22)2)28-24(31)27-19-5-3-18(25)4-6-19/h3-10,15,17H,11-14,16H2,1-2H3,(H2,27,28,31). The third kappa shape index (κ3) is 6.04. The minimum Gasteiger partial charge on any atom is -0.491 e. The maximum absolute atomic E-state index is 12.5. The molecule has 2 heterocycles. The first-order valence-corrected chi connectivity index (χ1v) is 11.3. The van der Waals surface area contributed by atoms with E-state index in [1.165, 1.54) is 0 Å². The maximum atomic E-state index is 12.5. The highest BCUT2D eigenvalue weighted by atomic mass is 35.5. The fraction of sp³-hybridized carbons (Fsp3) is 0.333. The van der Waals surface area contributed by atoms with Crippen molar-refractivity contribution in [3.8, 4) is 17.0 Å². The zero-order valence-corrected chi connectivity index (χ0v) is 19.5. The van der Waals surface area contributed by atoms with Crippen LogP contribution in [0.15, 0.2) is 54.7 Å². The molecule has 174 valence electrons. The van der Waals surface area contributed by atoms with Gasteiger partial charge in [-0.3, -0.25) is 9.58 Å². The van der Waals surface area contributed by atoms with E-state index in [4.69, 9.17) is 21.1 Å². The van der Waals surface area contributed by atoms with E-state index in [0.717, 1.165) is 43.3 Å². The molecule has 2 amide bonds. The lowest BCUT2D eigenvalue weighted by atomic mass is 10.1. The van der Waals surface area contributed by atoms with Gasteiger partial charge in [-0.15, -0.1) is 0 Å². The van der Waals surface area contributed by atoms with Crippen molar-refractivity contribution in [2.24, 2.45) is 7.05 Å². The predicted octanol–water partition coefficient (Wildman–Crippen LogP) is 4.48. The number of rotatable bonds is 7. The summed E-state index contributed by atoms with van der Waals surface area (Å²) in [5.41, 5.74) is 3.05. The van der Waals surface area contributed by atoms with Gasteiger partial charge in [0.1, 0.15) is 12.4 Å². The Morgan fingerprint density at radius 1 is 1.12 bits per heavy atom. The second-order valence-corrected chi connectivity index (χ2v) is 8.38. The zero-order chi connectivity index (χ0) is 23.2. The van der Waals surface area contributed by atoms with Gasteiger partial charge in [-0.25, -0.2) is 4.79 Å². The summed E-state index contributed by atoms with van der Waals surface area (Å²) in [6, 6.07) is 14.4. The smallest absolute Gasteiger partial charge is 0.323 e. The van der Waals surface area contributed by atoms with Crippen LogP contribution in [0.1, 0.15) is 6.92 Å². The van der Waals surface area contributed by atoms with Crippen LogP contribution in [-0.2, 0) is 11.8 Å². The van der Waals surface area contributed by atoms with Gasteiger partial charge in [-0.05, 0) is 55.5 Å². The molecule has 1 fully saturated rings. The molecule has 0 saturated carbocycles. The van der Waals surface area contributed by atoms with Crippen molar-refractivity contribution in [3.63, 3.8) is 0 Å². The topological polar surface area (TPSA) is 80.7 Å². The van der Waals surface area contributed by atoms with Gasteiger partial charge < -0.3 is 20.1 Å². The number of urea groups is 1. The SMILES string of the molecule is CC(COc1ccc(NC(=O)Nc2ccc(Cl)cc2)cc1-c1ccnn1C)N1CCOCC1. The Labute approximate surface area is 198 Å². The molecular weight excluding hydrogens is 442 g/mol. The number of carbonyl (C=O) groups excluding carboxylic acids is 1. The van der Waals surface area contributed by atoms with Crippen LogP contribution in [0.5, 0.6) is 5.75 Å². The van der Waals surface area contributed by atoms with Gasteiger partial charge in [0.25, 0.3) is 0 Å². The molecule has 4 rings (SSSR count). The molecule has 0 bridgehead atoms. The summed E-state index contributed by atoms with van der Waals surface area (Å²) < 4.78 is 13.5. The molecule has 1 aromatic heterocycles. The van der Waals surface area contributed by atoms with E-state index in [1.807, 2.05) is 31.3 Å². The van der Waals surface area contributed by atoms with E-state index in [9.17, 15) is 4.79 Å². The average molecular weight is 470 g/mol. The average Bonchev–Trinajstić information content (AvgIpc) is 3.25. The van der Waals surface area contributed by atoms with Crippen LogP contribution in [0.3, 0.4) is 0 Å². The molecule has 1 aliphatic rings. The fourth-order valence-corrected chi connectivity index (χ4v) is 3.86. The molecule has 0 spiro atoms. The number of hydrogen-bond donors (Lipinski definition) is 2. The molecule has 1 atom stereocenters. The molecule has 9 heteroatoms. The summed E-state index contributed by atoms with van der Waals surface area (Å²) in [5, 5.41) is 10.6. The van der Waals surface area contributed by atoms with Crippen LogP contribution >= 0.6 is 11.6 Å². The van der Waals surface area contributed by atoms with Crippen molar-refractivity contribution in [2.75, 3.05) is 43.5 Å². The number of nitrogens with zero attached hydrogens (tertiary/aromatic N) is 3. The summed E-state index contributed by atoms with van der Waals surface area (Å²) in [4.78, 5) is 14.9. The first kappa shape index (κ1) is 23.1. The number of morpholine rings is 1. The Morgan fingerprint density at radius 2 is 1.82 bits per heavy atom. The summed E-state index contributed by atoms with van der Waals surface area (Å²) >= 11 is 5.91. The fourth-order valence-electron chi connectivity index (χ4n) is 3.73. The first-order chi connectivity index (χ1) is 16.0. The van der Waals surface area contributed by atoms with Gasteiger partial charge in [0, 0.05) is 54.3 Å². The van der Waals surface area contributed by atoms with Crippen LogP contribution in [0.25, 0.3) is 11.3 Å². The van der Waals surface area contributed by atoms with Crippen LogP contribution in [0.2, 0.25) is 5.02 Å². The molecule has 3 aromatic rings. The van der Waals surface area contributed by atoms with Gasteiger partial charge in [-0.2, -0.15) is 5.10 Å². The number of aryl methyl sites for hydroxylation is 1. The number of anilines is 2. The lowest BCUT2D eigenvalue weighted by Gasteiger charge is -2.32. The summed E-state index contributed by atoms with van der Waals surface area (Å²) in [7, 11) is 1.88. The van der Waals surface area contributed by atoms with Gasteiger partial charge in [-0.1, -0.05) is 11.6 Å². The van der Waals surface area contributed by atoms with E-state index >= 15 is 0 Å². The molecule has 1 aliphatic heterocycles. The minimum atomic E-state index is -0.345. The molecule has 0 aliphatic carbocycles. The summed E-state index contributed by atoms with van der Waals surface area (Å²) in [5.74, 6) is 0.738. The van der Waals surface area contributed by atoms with Crippen molar-refractivity contribution in [3.05, 3.63) is 59.8 Å². The second-order valence-electron chi connectivity index (χ2n) is 7.95. The summed E-state index contributed by atoms with van der Waals surface area (Å²) in [6.45, 7) is 6.03. The highest BCUT2D eigenvalue weighted by Gasteiger charge is 2.19. The van der Waals surface area contributed by atoms with Crippen LogP contribution in [0, 0.1) is 0 Å². The summed E-state index contributed by atoms with van der Waals surface area (Å²) in [6.07, 6.45) is 1.74. The van der Waals surface area contributed by atoms with E-state index in [2.05, 4.69) is 27.6 Å². The highest BCUT2D eigenvalue weighted by molar-refractivity contribution is 6.30. The Hall–Kier alpha value is -3.07. The third-order valence-corrected chi connectivity index (χ3v) is 5.84. The molecule has 8 nitrogen and oxygen atoms in total. The minimum absolute atomic E-state index is 0.260. The van der Waals surface area contributed by atoms with E-state index < -0.39 is 0 Å².